The molecule has 0 radical (unpaired) electrons. The lowest BCUT2D eigenvalue weighted by atomic mass is 10.1. The van der Waals surface area contributed by atoms with Crippen molar-refractivity contribution in [1.82, 2.24) is 14.8 Å². The number of thiol groups is 1. The first-order chi connectivity index (χ1) is 14.4. The number of carbonyl (C=O) groups excluding carboxylic acids is 2. The zero-order chi connectivity index (χ0) is 21.7. The highest BCUT2D eigenvalue weighted by molar-refractivity contribution is 7.73. The zero-order valence-corrected chi connectivity index (χ0v) is 17.4. The largest absolute Gasteiger partial charge is 0.496 e. The zero-order valence-electron chi connectivity index (χ0n) is 16.5. The number of methoxy groups -OCH3 is 2. The lowest BCUT2D eigenvalue weighted by molar-refractivity contribution is 0.0533. The van der Waals surface area contributed by atoms with Crippen molar-refractivity contribution in [3.8, 4) is 11.6 Å². The van der Waals surface area contributed by atoms with E-state index in [4.69, 9.17) is 9.47 Å². The van der Waals surface area contributed by atoms with E-state index in [1.807, 2.05) is 0 Å². The Bertz CT molecular complexity index is 1010. The molecule has 2 heterocycles. The van der Waals surface area contributed by atoms with E-state index in [-0.39, 0.29) is 17.6 Å². The highest BCUT2D eigenvalue weighted by Gasteiger charge is 2.27. The predicted octanol–water partition coefficient (Wildman–Crippen LogP) is 0.635. The minimum atomic E-state index is -2.82. The van der Waals surface area contributed by atoms with Gasteiger partial charge >= 0.3 is 0 Å². The van der Waals surface area contributed by atoms with Crippen LogP contribution in [-0.4, -0.2) is 75.4 Å². The fraction of sp³-hybridized carbons (Fsp3) is 0.316. The Kier molecular flexibility index (Phi) is 6.72. The van der Waals surface area contributed by atoms with Crippen molar-refractivity contribution in [2.45, 2.75) is 0 Å². The first-order valence-electron chi connectivity index (χ1n) is 9.10. The first kappa shape index (κ1) is 21.4. The molecule has 1 aromatic heterocycles. The van der Waals surface area contributed by atoms with Gasteiger partial charge in [0.05, 0.1) is 25.5 Å². The number of nitrogens with zero attached hydrogens (tertiary/aromatic N) is 3. The second kappa shape index (κ2) is 9.44. The number of benzene rings is 1. The van der Waals surface area contributed by atoms with Crippen molar-refractivity contribution >= 4 is 28.4 Å². The maximum absolute atomic E-state index is 12.9. The standard InChI is InChI=1S/C19H22N4O6S/c1-28-16-12-14(21-30(26)27)3-4-15(16)19(25)23-9-7-22(8-10-23)18(24)13-5-6-20-17(11-13)29-2/h3-6,11-12,30H,7-10H2,1-2H3,(H,21,26,27). The third kappa shape index (κ3) is 4.79. The van der Waals surface area contributed by atoms with Crippen molar-refractivity contribution in [3.05, 3.63) is 47.7 Å². The lowest BCUT2D eigenvalue weighted by Gasteiger charge is -2.35. The molecule has 1 aromatic carbocycles. The van der Waals surface area contributed by atoms with Crippen LogP contribution in [0.15, 0.2) is 36.5 Å². The Morgan fingerprint density at radius 1 is 0.967 bits per heavy atom. The highest BCUT2D eigenvalue weighted by Crippen LogP contribution is 2.25. The van der Waals surface area contributed by atoms with Crippen LogP contribution in [0.4, 0.5) is 5.69 Å². The van der Waals surface area contributed by atoms with E-state index >= 15 is 0 Å². The third-order valence-corrected chi connectivity index (χ3v) is 5.14. The molecule has 30 heavy (non-hydrogen) atoms. The molecule has 0 atom stereocenters. The van der Waals surface area contributed by atoms with Crippen molar-refractivity contribution < 1.29 is 27.5 Å². The van der Waals surface area contributed by atoms with E-state index in [9.17, 15) is 18.0 Å². The minimum Gasteiger partial charge on any atom is -0.496 e. The Morgan fingerprint density at radius 2 is 1.63 bits per heavy atom. The summed E-state index contributed by atoms with van der Waals surface area (Å²) in [5.74, 6) is 0.232. The number of hydrogen-bond donors (Lipinski definition) is 2. The second-order valence-corrected chi connectivity index (χ2v) is 7.19. The molecular weight excluding hydrogens is 412 g/mol. The molecule has 1 fully saturated rings. The molecule has 2 amide bonds. The van der Waals surface area contributed by atoms with Gasteiger partial charge in [0.1, 0.15) is 5.75 Å². The van der Waals surface area contributed by atoms with E-state index in [1.54, 1.807) is 21.9 Å². The van der Waals surface area contributed by atoms with Crippen molar-refractivity contribution in [3.63, 3.8) is 0 Å². The number of pyridine rings is 1. The van der Waals surface area contributed by atoms with Crippen molar-refractivity contribution in [1.29, 1.82) is 0 Å². The molecule has 0 saturated carbocycles. The van der Waals surface area contributed by atoms with Crippen molar-refractivity contribution in [2.24, 2.45) is 0 Å². The number of hydrogen-bond acceptors (Lipinski definition) is 7. The van der Waals surface area contributed by atoms with Gasteiger partial charge in [-0.25, -0.2) is 13.4 Å². The average molecular weight is 434 g/mol. The number of amides is 2. The topological polar surface area (TPSA) is 118 Å². The minimum absolute atomic E-state index is 0.150. The van der Waals surface area contributed by atoms with E-state index in [0.717, 1.165) is 0 Å². The van der Waals surface area contributed by atoms with Gasteiger partial charge in [0.2, 0.25) is 16.8 Å². The number of aromatic nitrogens is 1. The Morgan fingerprint density at radius 3 is 2.23 bits per heavy atom. The monoisotopic (exact) mass is 434 g/mol. The molecule has 11 heteroatoms. The maximum atomic E-state index is 12.9. The van der Waals surface area contributed by atoms with Gasteiger partial charge in [-0.15, -0.1) is 0 Å². The van der Waals surface area contributed by atoms with Crippen LogP contribution >= 0.6 is 0 Å². The first-order valence-corrected chi connectivity index (χ1v) is 10.3. The summed E-state index contributed by atoms with van der Waals surface area (Å²) in [5.41, 5.74) is 1.11. The van der Waals surface area contributed by atoms with Gasteiger partial charge in [0.15, 0.2) is 0 Å². The molecule has 0 aliphatic carbocycles. The quantitative estimate of drug-likeness (QED) is 0.641. The summed E-state index contributed by atoms with van der Waals surface area (Å²) in [7, 11) is 0.0786. The fourth-order valence-corrected chi connectivity index (χ4v) is 3.51. The van der Waals surface area contributed by atoms with Crippen molar-refractivity contribution in [2.75, 3.05) is 45.1 Å². The van der Waals surface area contributed by atoms with Crippen LogP contribution in [0.3, 0.4) is 0 Å². The predicted molar refractivity (Wildman–Crippen MR) is 110 cm³/mol. The van der Waals surface area contributed by atoms with Gasteiger partial charge in [0.25, 0.3) is 11.8 Å². The summed E-state index contributed by atoms with van der Waals surface area (Å²) in [4.78, 5) is 32.9. The molecule has 2 aromatic rings. The molecule has 0 unspecified atom stereocenters. The number of anilines is 1. The number of ether oxygens (including phenoxy) is 2. The van der Waals surface area contributed by atoms with E-state index < -0.39 is 10.9 Å². The summed E-state index contributed by atoms with van der Waals surface area (Å²) in [6.07, 6.45) is 1.51. The van der Waals surface area contributed by atoms with Crippen LogP contribution in [0.5, 0.6) is 11.6 Å². The fourth-order valence-electron chi connectivity index (χ4n) is 3.16. The van der Waals surface area contributed by atoms with Gasteiger partial charge in [-0.3, -0.25) is 14.3 Å². The number of carbonyl (C=O) groups is 2. The number of rotatable bonds is 6. The summed E-state index contributed by atoms with van der Waals surface area (Å²) in [6, 6.07) is 7.67. The van der Waals surface area contributed by atoms with E-state index in [1.165, 1.54) is 38.6 Å². The van der Waals surface area contributed by atoms with Crippen LogP contribution in [-0.2, 0) is 10.9 Å². The van der Waals surface area contributed by atoms with Crippen LogP contribution in [0.1, 0.15) is 20.7 Å². The van der Waals surface area contributed by atoms with Gasteiger partial charge in [-0.2, -0.15) is 0 Å². The Hall–Kier alpha value is -3.34. The van der Waals surface area contributed by atoms with E-state index in [0.29, 0.717) is 48.9 Å². The third-order valence-electron chi connectivity index (χ3n) is 4.70. The maximum Gasteiger partial charge on any atom is 0.257 e. The molecule has 0 bridgehead atoms. The molecule has 3 rings (SSSR count). The van der Waals surface area contributed by atoms with Gasteiger partial charge < -0.3 is 19.3 Å². The second-order valence-electron chi connectivity index (χ2n) is 6.46. The molecular formula is C19H22N4O6S. The van der Waals surface area contributed by atoms with Crippen LogP contribution in [0.2, 0.25) is 0 Å². The summed E-state index contributed by atoms with van der Waals surface area (Å²) in [5, 5.41) is 0. The van der Waals surface area contributed by atoms with Gasteiger partial charge in [0, 0.05) is 50.1 Å². The molecule has 160 valence electrons. The summed E-state index contributed by atoms with van der Waals surface area (Å²) >= 11 is 0. The number of nitrogens with one attached hydrogen (secondary N) is 1. The summed E-state index contributed by atoms with van der Waals surface area (Å²) in [6.45, 7) is 1.49. The van der Waals surface area contributed by atoms with Gasteiger partial charge in [-0.1, -0.05) is 0 Å². The average Bonchev–Trinajstić information content (AvgIpc) is 2.77. The molecule has 1 aliphatic heterocycles. The van der Waals surface area contributed by atoms with Crippen LogP contribution < -0.4 is 14.2 Å². The van der Waals surface area contributed by atoms with E-state index in [2.05, 4.69) is 9.71 Å². The van der Waals surface area contributed by atoms with Crippen LogP contribution in [0, 0.1) is 0 Å². The van der Waals surface area contributed by atoms with Crippen LogP contribution in [0.25, 0.3) is 0 Å². The normalized spacial score (nSPS) is 13.8. The Labute approximate surface area is 175 Å². The lowest BCUT2D eigenvalue weighted by Crippen LogP contribution is -2.50. The molecule has 0 spiro atoms. The highest BCUT2D eigenvalue weighted by atomic mass is 32.2. The Balaban J connectivity index is 1.67. The molecule has 1 saturated heterocycles. The molecule has 1 N–H and O–H groups in total. The van der Waals surface area contributed by atoms with Gasteiger partial charge in [-0.05, 0) is 18.2 Å². The molecule has 10 nitrogen and oxygen atoms in total. The molecule has 1 aliphatic rings. The smallest absolute Gasteiger partial charge is 0.257 e. The SMILES string of the molecule is COc1cc(C(=O)N2CCN(C(=O)c3ccc(N[SH](=O)=O)cc3OC)CC2)ccn1. The summed E-state index contributed by atoms with van der Waals surface area (Å²) < 4.78 is 34.2. The number of piperazine rings is 1.